The summed E-state index contributed by atoms with van der Waals surface area (Å²) in [4.78, 5) is 12.7. The summed E-state index contributed by atoms with van der Waals surface area (Å²) in [6.07, 6.45) is 1.46. The first-order valence-electron chi connectivity index (χ1n) is 7.90. The quantitative estimate of drug-likeness (QED) is 0.442. The Bertz CT molecular complexity index is 998. The van der Waals surface area contributed by atoms with Gasteiger partial charge >= 0.3 is 0 Å². The molecule has 1 aliphatic heterocycles. The van der Waals surface area contributed by atoms with Crippen LogP contribution in [0.5, 0.6) is 23.0 Å². The normalized spacial score (nSPS) is 12.0. The maximum atomic E-state index is 12.7. The molecule has 134 valence electrons. The molecule has 2 aromatic rings. The number of methoxy groups -OCH3 is 1. The standard InChI is InChI=1S/C20H14N2O5/c1-24-18-9-13(2-4-16(18)25-7-6-21)8-15(11-22)20(23)14-3-5-17-19(10-14)27-12-26-17/h2-5,8-10H,7,12H2,1H3/b15-8-. The number of benzene rings is 2. The van der Waals surface area contributed by atoms with Crippen molar-refractivity contribution in [3.63, 3.8) is 0 Å². The topological polar surface area (TPSA) is 102 Å². The molecule has 27 heavy (non-hydrogen) atoms. The van der Waals surface area contributed by atoms with Gasteiger partial charge in [0.25, 0.3) is 0 Å². The zero-order valence-corrected chi connectivity index (χ0v) is 14.4. The smallest absolute Gasteiger partial charge is 0.231 e. The van der Waals surface area contributed by atoms with E-state index in [0.29, 0.717) is 34.1 Å². The number of ketones is 1. The Labute approximate surface area is 155 Å². The largest absolute Gasteiger partial charge is 0.493 e. The van der Waals surface area contributed by atoms with Crippen LogP contribution in [0.1, 0.15) is 15.9 Å². The molecular formula is C20H14N2O5. The second-order valence-electron chi connectivity index (χ2n) is 5.42. The molecule has 0 fully saturated rings. The zero-order chi connectivity index (χ0) is 19.2. The number of hydrogen-bond acceptors (Lipinski definition) is 7. The molecular weight excluding hydrogens is 348 g/mol. The molecule has 1 aliphatic rings. The van der Waals surface area contributed by atoms with Crippen molar-refractivity contribution in [1.82, 2.24) is 0 Å². The van der Waals surface area contributed by atoms with Crippen LogP contribution in [0.4, 0.5) is 0 Å². The third-order valence-electron chi connectivity index (χ3n) is 3.79. The fourth-order valence-corrected chi connectivity index (χ4v) is 2.51. The van der Waals surface area contributed by atoms with E-state index in [-0.39, 0.29) is 19.0 Å². The maximum Gasteiger partial charge on any atom is 0.231 e. The summed E-state index contributed by atoms with van der Waals surface area (Å²) in [5.74, 6) is 1.40. The maximum absolute atomic E-state index is 12.7. The first-order valence-corrected chi connectivity index (χ1v) is 7.90. The average Bonchev–Trinajstić information content (AvgIpc) is 3.18. The summed E-state index contributed by atoms with van der Waals surface area (Å²) in [7, 11) is 1.46. The number of Topliss-reactive ketones (excluding diaryl/α,β-unsaturated/α-hetero) is 1. The fraction of sp³-hybridized carbons (Fsp3) is 0.150. The number of fused-ring (bicyclic) bond motifs is 1. The number of allylic oxidation sites excluding steroid dienone is 1. The Balaban J connectivity index is 1.89. The van der Waals surface area contributed by atoms with Crippen molar-refractivity contribution < 1.29 is 23.7 Å². The Morgan fingerprint density at radius 2 is 1.96 bits per heavy atom. The minimum absolute atomic E-state index is 0.0402. The molecule has 0 N–H and O–H groups in total. The fourth-order valence-electron chi connectivity index (χ4n) is 2.51. The molecule has 0 spiro atoms. The highest BCUT2D eigenvalue weighted by atomic mass is 16.7. The number of nitriles is 2. The van der Waals surface area contributed by atoms with Gasteiger partial charge in [-0.2, -0.15) is 10.5 Å². The minimum atomic E-state index is -0.431. The van der Waals surface area contributed by atoms with Crippen LogP contribution >= 0.6 is 0 Å². The van der Waals surface area contributed by atoms with Gasteiger partial charge in [-0.15, -0.1) is 0 Å². The summed E-state index contributed by atoms with van der Waals surface area (Å²) in [5, 5.41) is 18.0. The van der Waals surface area contributed by atoms with Crippen LogP contribution in [0.2, 0.25) is 0 Å². The lowest BCUT2D eigenvalue weighted by atomic mass is 10.0. The number of carbonyl (C=O) groups is 1. The highest BCUT2D eigenvalue weighted by Crippen LogP contribution is 2.33. The second-order valence-corrected chi connectivity index (χ2v) is 5.42. The van der Waals surface area contributed by atoms with Crippen LogP contribution in [-0.4, -0.2) is 26.3 Å². The van der Waals surface area contributed by atoms with E-state index in [1.165, 1.54) is 13.2 Å². The van der Waals surface area contributed by atoms with Crippen LogP contribution in [0.3, 0.4) is 0 Å². The van der Waals surface area contributed by atoms with Crippen molar-refractivity contribution >= 4 is 11.9 Å². The minimum Gasteiger partial charge on any atom is -0.493 e. The van der Waals surface area contributed by atoms with Crippen LogP contribution in [0, 0.1) is 22.7 Å². The molecule has 3 rings (SSSR count). The van der Waals surface area contributed by atoms with Gasteiger partial charge in [-0.3, -0.25) is 4.79 Å². The van der Waals surface area contributed by atoms with Crippen molar-refractivity contribution in [3.05, 3.63) is 53.1 Å². The summed E-state index contributed by atoms with van der Waals surface area (Å²) in [6, 6.07) is 13.5. The summed E-state index contributed by atoms with van der Waals surface area (Å²) in [5.41, 5.74) is 0.872. The van der Waals surface area contributed by atoms with Gasteiger partial charge < -0.3 is 18.9 Å². The van der Waals surface area contributed by atoms with E-state index in [1.807, 2.05) is 12.1 Å². The molecule has 7 nitrogen and oxygen atoms in total. The Hall–Kier alpha value is -3.97. The Morgan fingerprint density at radius 1 is 1.15 bits per heavy atom. The van der Waals surface area contributed by atoms with Gasteiger partial charge in [-0.05, 0) is 42.0 Å². The summed E-state index contributed by atoms with van der Waals surface area (Å²) < 4.78 is 21.0. The van der Waals surface area contributed by atoms with Crippen molar-refractivity contribution in [1.29, 1.82) is 10.5 Å². The third kappa shape index (κ3) is 3.83. The number of carbonyl (C=O) groups excluding carboxylic acids is 1. The highest BCUT2D eigenvalue weighted by molar-refractivity contribution is 6.14. The van der Waals surface area contributed by atoms with Crippen LogP contribution in [0.25, 0.3) is 6.08 Å². The van der Waals surface area contributed by atoms with Gasteiger partial charge in [0.15, 0.2) is 29.6 Å². The lowest BCUT2D eigenvalue weighted by Crippen LogP contribution is -2.02. The van der Waals surface area contributed by atoms with Gasteiger partial charge in [0, 0.05) is 5.56 Å². The second kappa shape index (κ2) is 7.94. The van der Waals surface area contributed by atoms with Gasteiger partial charge in [0.05, 0.1) is 7.11 Å². The summed E-state index contributed by atoms with van der Waals surface area (Å²) >= 11 is 0. The molecule has 0 aromatic heterocycles. The Morgan fingerprint density at radius 3 is 2.70 bits per heavy atom. The third-order valence-corrected chi connectivity index (χ3v) is 3.79. The average molecular weight is 362 g/mol. The molecule has 0 unspecified atom stereocenters. The molecule has 0 saturated heterocycles. The molecule has 0 atom stereocenters. The van der Waals surface area contributed by atoms with E-state index in [0.717, 1.165) is 0 Å². The molecule has 7 heteroatoms. The Kier molecular flexibility index (Phi) is 5.25. The number of nitrogens with zero attached hydrogens (tertiary/aromatic N) is 2. The van der Waals surface area contributed by atoms with Crippen LogP contribution < -0.4 is 18.9 Å². The molecule has 1 heterocycles. The first-order chi connectivity index (χ1) is 13.2. The SMILES string of the molecule is COc1cc(/C=C(/C#N)C(=O)c2ccc3c(c2)OCO3)ccc1OCC#N. The first kappa shape index (κ1) is 17.8. The van der Waals surface area contributed by atoms with E-state index >= 15 is 0 Å². The predicted molar refractivity (Wildman–Crippen MR) is 94.6 cm³/mol. The number of rotatable bonds is 6. The molecule has 2 aromatic carbocycles. The molecule has 0 aliphatic carbocycles. The van der Waals surface area contributed by atoms with Gasteiger partial charge in [0.1, 0.15) is 17.7 Å². The zero-order valence-electron chi connectivity index (χ0n) is 14.4. The van der Waals surface area contributed by atoms with Crippen LogP contribution in [0.15, 0.2) is 42.0 Å². The molecule has 0 saturated carbocycles. The predicted octanol–water partition coefficient (Wildman–Crippen LogP) is 3.12. The van der Waals surface area contributed by atoms with Crippen molar-refractivity contribution in [2.45, 2.75) is 0 Å². The number of ether oxygens (including phenoxy) is 4. The van der Waals surface area contributed by atoms with Crippen LogP contribution in [-0.2, 0) is 0 Å². The van der Waals surface area contributed by atoms with E-state index in [1.54, 1.807) is 36.4 Å². The molecule has 0 amide bonds. The van der Waals surface area contributed by atoms with Crippen molar-refractivity contribution in [3.8, 4) is 35.1 Å². The number of hydrogen-bond donors (Lipinski definition) is 0. The van der Waals surface area contributed by atoms with E-state index in [2.05, 4.69) is 0 Å². The van der Waals surface area contributed by atoms with Crippen molar-refractivity contribution in [2.75, 3.05) is 20.5 Å². The summed E-state index contributed by atoms with van der Waals surface area (Å²) in [6.45, 7) is -0.00840. The van der Waals surface area contributed by atoms with Gasteiger partial charge in [-0.25, -0.2) is 0 Å². The van der Waals surface area contributed by atoms with E-state index in [9.17, 15) is 10.1 Å². The van der Waals surface area contributed by atoms with E-state index < -0.39 is 5.78 Å². The highest BCUT2D eigenvalue weighted by Gasteiger charge is 2.19. The van der Waals surface area contributed by atoms with E-state index in [4.69, 9.17) is 24.2 Å². The van der Waals surface area contributed by atoms with Crippen molar-refractivity contribution in [2.24, 2.45) is 0 Å². The lowest BCUT2D eigenvalue weighted by Gasteiger charge is -2.09. The monoisotopic (exact) mass is 362 g/mol. The molecule has 0 bridgehead atoms. The lowest BCUT2D eigenvalue weighted by molar-refractivity contribution is 0.103. The van der Waals surface area contributed by atoms with Gasteiger partial charge in [-0.1, -0.05) is 6.07 Å². The molecule has 0 radical (unpaired) electrons. The van der Waals surface area contributed by atoms with Gasteiger partial charge in [0.2, 0.25) is 12.6 Å².